The van der Waals surface area contributed by atoms with Crippen molar-refractivity contribution in [3.8, 4) is 0 Å². The highest BCUT2D eigenvalue weighted by Gasteiger charge is 2.32. The lowest BCUT2D eigenvalue weighted by molar-refractivity contribution is -0.137. The van der Waals surface area contributed by atoms with Crippen LogP contribution in [0.3, 0.4) is 0 Å². The van der Waals surface area contributed by atoms with Gasteiger partial charge in [-0.15, -0.1) is 0 Å². The first-order valence-electron chi connectivity index (χ1n) is 10.4. The number of hydrogen-bond donors (Lipinski definition) is 1. The average Bonchev–Trinajstić information content (AvgIpc) is 2.68. The molecule has 27 heavy (non-hydrogen) atoms. The Hall–Kier alpha value is -1.88. The molecule has 2 fully saturated rings. The molecule has 3 rings (SSSR count). The first kappa shape index (κ1) is 19.9. The molecule has 0 aromatic heterocycles. The summed E-state index contributed by atoms with van der Waals surface area (Å²) in [6, 6.07) is 8.23. The predicted molar refractivity (Wildman–Crippen MR) is 109 cm³/mol. The highest BCUT2D eigenvalue weighted by molar-refractivity contribution is 5.95. The van der Waals surface area contributed by atoms with Gasteiger partial charge in [0, 0.05) is 37.8 Å². The lowest BCUT2D eigenvalue weighted by atomic mass is 9.98. The van der Waals surface area contributed by atoms with Crippen LogP contribution in [-0.2, 0) is 9.59 Å². The molecule has 1 aromatic carbocycles. The second-order valence-corrected chi connectivity index (χ2v) is 8.22. The van der Waals surface area contributed by atoms with E-state index in [2.05, 4.69) is 35.0 Å². The number of anilines is 1. The van der Waals surface area contributed by atoms with E-state index in [4.69, 9.17) is 0 Å². The fourth-order valence-electron chi connectivity index (χ4n) is 4.31. The monoisotopic (exact) mass is 371 g/mol. The van der Waals surface area contributed by atoms with Crippen molar-refractivity contribution in [3.63, 3.8) is 0 Å². The van der Waals surface area contributed by atoms with Crippen molar-refractivity contribution < 1.29 is 9.59 Å². The van der Waals surface area contributed by atoms with Crippen molar-refractivity contribution in [3.05, 3.63) is 29.8 Å². The lowest BCUT2D eigenvalue weighted by Gasteiger charge is -2.41. The van der Waals surface area contributed by atoms with Crippen molar-refractivity contribution >= 4 is 17.5 Å². The molecule has 1 aromatic rings. The first-order valence-corrected chi connectivity index (χ1v) is 10.4. The smallest absolute Gasteiger partial charge is 0.241 e. The van der Waals surface area contributed by atoms with Gasteiger partial charge in [-0.1, -0.05) is 32.0 Å². The number of piperidine rings is 2. The van der Waals surface area contributed by atoms with E-state index < -0.39 is 0 Å². The molecular weight excluding hydrogens is 338 g/mol. The number of nitrogens with zero attached hydrogens (tertiary/aromatic N) is 2. The number of nitrogens with one attached hydrogen (secondary N) is 1. The Kier molecular flexibility index (Phi) is 6.53. The van der Waals surface area contributed by atoms with E-state index in [1.54, 1.807) is 0 Å². The summed E-state index contributed by atoms with van der Waals surface area (Å²) in [5, 5.41) is 3.13. The Labute approximate surface area is 163 Å². The van der Waals surface area contributed by atoms with Gasteiger partial charge in [0.1, 0.15) is 0 Å². The highest BCUT2D eigenvalue weighted by atomic mass is 16.2. The maximum atomic E-state index is 12.8. The van der Waals surface area contributed by atoms with Crippen molar-refractivity contribution in [2.24, 2.45) is 0 Å². The van der Waals surface area contributed by atoms with Gasteiger partial charge >= 0.3 is 0 Å². The van der Waals surface area contributed by atoms with Crippen LogP contribution in [0.1, 0.15) is 64.4 Å². The van der Waals surface area contributed by atoms with E-state index in [1.807, 2.05) is 25.1 Å². The van der Waals surface area contributed by atoms with Gasteiger partial charge in [-0.3, -0.25) is 14.5 Å². The van der Waals surface area contributed by atoms with Crippen LogP contribution < -0.4 is 5.32 Å². The van der Waals surface area contributed by atoms with Gasteiger partial charge in [0.15, 0.2) is 0 Å². The SMILES string of the molecule is CC(C)c1ccccc1NC(=O)C(C)N1CCC(N2CCCCC2=O)CC1. The van der Waals surface area contributed by atoms with Crippen LogP contribution in [0.4, 0.5) is 5.69 Å². The summed E-state index contributed by atoms with van der Waals surface area (Å²) in [4.78, 5) is 29.3. The van der Waals surface area contributed by atoms with Gasteiger partial charge in [0.2, 0.25) is 11.8 Å². The van der Waals surface area contributed by atoms with E-state index in [9.17, 15) is 9.59 Å². The van der Waals surface area contributed by atoms with Gasteiger partial charge in [0.05, 0.1) is 6.04 Å². The normalized spacial score (nSPS) is 20.7. The molecule has 0 radical (unpaired) electrons. The Morgan fingerprint density at radius 3 is 2.44 bits per heavy atom. The van der Waals surface area contributed by atoms with E-state index in [0.29, 0.717) is 24.3 Å². The maximum absolute atomic E-state index is 12.8. The zero-order chi connectivity index (χ0) is 19.4. The molecule has 1 N–H and O–H groups in total. The number of para-hydroxylation sites is 1. The van der Waals surface area contributed by atoms with Crippen molar-refractivity contribution in [2.75, 3.05) is 25.0 Å². The van der Waals surface area contributed by atoms with Crippen LogP contribution >= 0.6 is 0 Å². The summed E-state index contributed by atoms with van der Waals surface area (Å²) in [5.41, 5.74) is 2.08. The zero-order valence-electron chi connectivity index (χ0n) is 16.9. The van der Waals surface area contributed by atoms with Crippen molar-refractivity contribution in [1.29, 1.82) is 0 Å². The summed E-state index contributed by atoms with van der Waals surface area (Å²) >= 11 is 0. The van der Waals surface area contributed by atoms with Crippen LogP contribution in [-0.4, -0.2) is 53.3 Å². The number of hydrogen-bond acceptors (Lipinski definition) is 3. The minimum Gasteiger partial charge on any atom is -0.340 e. The minimum atomic E-state index is -0.164. The molecule has 0 bridgehead atoms. The number of rotatable bonds is 5. The Bertz CT molecular complexity index is 665. The standard InChI is InChI=1S/C22H33N3O2/c1-16(2)19-8-4-5-9-20(19)23-22(27)17(3)24-14-11-18(12-15-24)25-13-7-6-10-21(25)26/h4-5,8-9,16-18H,6-7,10-15H2,1-3H3,(H,23,27). The molecule has 1 atom stereocenters. The second kappa shape index (κ2) is 8.87. The van der Waals surface area contributed by atoms with Crippen LogP contribution in [0.5, 0.6) is 0 Å². The van der Waals surface area contributed by atoms with Gasteiger partial charge in [0.25, 0.3) is 0 Å². The van der Waals surface area contributed by atoms with Crippen molar-refractivity contribution in [2.45, 2.75) is 70.9 Å². The van der Waals surface area contributed by atoms with Crippen LogP contribution in [0, 0.1) is 0 Å². The fraction of sp³-hybridized carbons (Fsp3) is 0.636. The third-order valence-corrected chi connectivity index (χ3v) is 6.07. The highest BCUT2D eigenvalue weighted by Crippen LogP contribution is 2.25. The van der Waals surface area contributed by atoms with Gasteiger partial charge in [-0.2, -0.15) is 0 Å². The molecule has 2 aliphatic heterocycles. The molecular formula is C22H33N3O2. The first-order chi connectivity index (χ1) is 13.0. The van der Waals surface area contributed by atoms with Crippen LogP contribution in [0.15, 0.2) is 24.3 Å². The molecule has 2 heterocycles. The molecule has 2 amide bonds. The van der Waals surface area contributed by atoms with E-state index in [0.717, 1.165) is 51.0 Å². The van der Waals surface area contributed by atoms with Crippen molar-refractivity contribution in [1.82, 2.24) is 9.80 Å². The van der Waals surface area contributed by atoms with E-state index in [-0.39, 0.29) is 11.9 Å². The number of benzene rings is 1. The lowest BCUT2D eigenvalue weighted by Crippen LogP contribution is -2.52. The second-order valence-electron chi connectivity index (χ2n) is 8.22. The number of carbonyl (C=O) groups is 2. The molecule has 5 nitrogen and oxygen atoms in total. The minimum absolute atomic E-state index is 0.0515. The maximum Gasteiger partial charge on any atom is 0.241 e. The van der Waals surface area contributed by atoms with E-state index >= 15 is 0 Å². The molecule has 2 saturated heterocycles. The summed E-state index contributed by atoms with van der Waals surface area (Å²) < 4.78 is 0. The number of carbonyl (C=O) groups excluding carboxylic acids is 2. The predicted octanol–water partition coefficient (Wildman–Crippen LogP) is 3.61. The third kappa shape index (κ3) is 4.70. The molecule has 2 aliphatic rings. The van der Waals surface area contributed by atoms with Crippen LogP contribution in [0.25, 0.3) is 0 Å². The summed E-state index contributed by atoms with van der Waals surface area (Å²) in [7, 11) is 0. The molecule has 0 saturated carbocycles. The fourth-order valence-corrected chi connectivity index (χ4v) is 4.31. The van der Waals surface area contributed by atoms with E-state index in [1.165, 1.54) is 5.56 Å². The topological polar surface area (TPSA) is 52.7 Å². The number of likely N-dealkylation sites (tertiary alicyclic amines) is 2. The third-order valence-electron chi connectivity index (χ3n) is 6.07. The van der Waals surface area contributed by atoms with Gasteiger partial charge < -0.3 is 10.2 Å². The molecule has 148 valence electrons. The van der Waals surface area contributed by atoms with Gasteiger partial charge in [-0.25, -0.2) is 0 Å². The molecule has 0 aliphatic carbocycles. The Morgan fingerprint density at radius 1 is 1.07 bits per heavy atom. The van der Waals surface area contributed by atoms with Crippen LogP contribution in [0.2, 0.25) is 0 Å². The quantitative estimate of drug-likeness (QED) is 0.860. The Morgan fingerprint density at radius 2 is 1.78 bits per heavy atom. The number of amides is 2. The summed E-state index contributed by atoms with van der Waals surface area (Å²) in [6.07, 6.45) is 4.79. The molecule has 0 spiro atoms. The molecule has 5 heteroatoms. The van der Waals surface area contributed by atoms with Gasteiger partial charge in [-0.05, 0) is 50.2 Å². The zero-order valence-corrected chi connectivity index (χ0v) is 16.9. The molecule has 1 unspecified atom stereocenters. The average molecular weight is 372 g/mol. The largest absolute Gasteiger partial charge is 0.340 e. The Balaban J connectivity index is 1.55. The summed E-state index contributed by atoms with van der Waals surface area (Å²) in [5.74, 6) is 0.737. The summed E-state index contributed by atoms with van der Waals surface area (Å²) in [6.45, 7) is 8.91.